The lowest BCUT2D eigenvalue weighted by atomic mass is 10.1. The molecule has 0 saturated carbocycles. The minimum Gasteiger partial charge on any atom is -0.381 e. The first kappa shape index (κ1) is 20.1. The Hall–Kier alpha value is -2.19. The molecule has 2 rings (SSSR count). The first-order valence-electron chi connectivity index (χ1n) is 9.10. The maximum absolute atomic E-state index is 10.8. The third-order valence-corrected chi connectivity index (χ3v) is 4.02. The Kier molecular flexibility index (Phi) is 8.85. The molecule has 8 nitrogen and oxygen atoms in total. The summed E-state index contributed by atoms with van der Waals surface area (Å²) in [6.45, 7) is 7.01. The van der Waals surface area contributed by atoms with Crippen molar-refractivity contribution in [3.8, 4) is 0 Å². The third kappa shape index (κ3) is 7.37. The fraction of sp³-hybridized carbons (Fsp3) is 0.611. The first-order valence-corrected chi connectivity index (χ1v) is 9.10. The number of nitrogens with zero attached hydrogens (tertiary/aromatic N) is 2. The molecule has 0 aliphatic carbocycles. The van der Waals surface area contributed by atoms with Crippen LogP contribution in [0.3, 0.4) is 0 Å². The van der Waals surface area contributed by atoms with Gasteiger partial charge in [0.2, 0.25) is 0 Å². The monoisotopic (exact) mass is 364 g/mol. The fourth-order valence-electron chi connectivity index (χ4n) is 2.63. The number of nitro benzene ring substituents is 1. The Bertz CT molecular complexity index is 588. The standard InChI is InChI=1S/C18H28N4O4/c1-2-19-18(20-8-4-9-25-13-16-7-10-26-14-16)21-12-15-5-3-6-17(11-15)22(23)24/h3,5-6,11,16H,2,4,7-10,12-14H2,1H3,(H2,19,20,21). The van der Waals surface area contributed by atoms with E-state index in [1.165, 1.54) is 6.07 Å². The highest BCUT2D eigenvalue weighted by molar-refractivity contribution is 5.79. The molecule has 1 unspecified atom stereocenters. The highest BCUT2D eigenvalue weighted by Crippen LogP contribution is 2.14. The molecule has 1 heterocycles. The maximum Gasteiger partial charge on any atom is 0.269 e. The zero-order valence-corrected chi connectivity index (χ0v) is 15.3. The van der Waals surface area contributed by atoms with Crippen LogP contribution >= 0.6 is 0 Å². The van der Waals surface area contributed by atoms with Crippen LogP contribution in [0.25, 0.3) is 0 Å². The number of hydrogen-bond donors (Lipinski definition) is 2. The van der Waals surface area contributed by atoms with Crippen molar-refractivity contribution in [2.24, 2.45) is 10.9 Å². The summed E-state index contributed by atoms with van der Waals surface area (Å²) < 4.78 is 11.0. The van der Waals surface area contributed by atoms with Gasteiger partial charge in [0, 0.05) is 44.4 Å². The molecule has 1 aromatic rings. The Morgan fingerprint density at radius 3 is 3.08 bits per heavy atom. The molecular weight excluding hydrogens is 336 g/mol. The van der Waals surface area contributed by atoms with Crippen molar-refractivity contribution in [2.75, 3.05) is 39.5 Å². The van der Waals surface area contributed by atoms with E-state index in [-0.39, 0.29) is 5.69 Å². The van der Waals surface area contributed by atoms with Crippen LogP contribution in [0, 0.1) is 16.0 Å². The van der Waals surface area contributed by atoms with Crippen LogP contribution in [0.4, 0.5) is 5.69 Å². The van der Waals surface area contributed by atoms with E-state index in [0.717, 1.165) is 51.3 Å². The van der Waals surface area contributed by atoms with E-state index in [1.807, 2.05) is 13.0 Å². The summed E-state index contributed by atoms with van der Waals surface area (Å²) in [7, 11) is 0. The van der Waals surface area contributed by atoms with Gasteiger partial charge in [0.15, 0.2) is 5.96 Å². The number of rotatable bonds is 10. The van der Waals surface area contributed by atoms with Crippen molar-refractivity contribution in [2.45, 2.75) is 26.3 Å². The summed E-state index contributed by atoms with van der Waals surface area (Å²) in [5, 5.41) is 17.3. The maximum atomic E-state index is 10.8. The molecule has 1 aromatic carbocycles. The van der Waals surface area contributed by atoms with Gasteiger partial charge < -0.3 is 20.1 Å². The number of guanidine groups is 1. The molecule has 1 saturated heterocycles. The molecule has 1 aliphatic rings. The normalized spacial score (nSPS) is 17.3. The molecule has 144 valence electrons. The van der Waals surface area contributed by atoms with Crippen molar-refractivity contribution in [1.29, 1.82) is 0 Å². The number of nitro groups is 1. The fourth-order valence-corrected chi connectivity index (χ4v) is 2.63. The smallest absolute Gasteiger partial charge is 0.269 e. The quantitative estimate of drug-likeness (QED) is 0.217. The van der Waals surface area contributed by atoms with E-state index in [9.17, 15) is 10.1 Å². The van der Waals surface area contributed by atoms with Gasteiger partial charge in [-0.3, -0.25) is 10.1 Å². The molecule has 0 radical (unpaired) electrons. The minimum absolute atomic E-state index is 0.0838. The number of nitrogens with one attached hydrogen (secondary N) is 2. The first-order chi connectivity index (χ1) is 12.7. The predicted molar refractivity (Wildman–Crippen MR) is 100 cm³/mol. The molecule has 0 bridgehead atoms. The van der Waals surface area contributed by atoms with Crippen molar-refractivity contribution < 1.29 is 14.4 Å². The third-order valence-electron chi connectivity index (χ3n) is 4.02. The van der Waals surface area contributed by atoms with Crippen LogP contribution in [0.5, 0.6) is 0 Å². The van der Waals surface area contributed by atoms with Crippen molar-refractivity contribution in [3.63, 3.8) is 0 Å². The van der Waals surface area contributed by atoms with Crippen molar-refractivity contribution in [1.82, 2.24) is 10.6 Å². The van der Waals surface area contributed by atoms with E-state index in [1.54, 1.807) is 12.1 Å². The van der Waals surface area contributed by atoms with Crippen LogP contribution < -0.4 is 10.6 Å². The van der Waals surface area contributed by atoms with Crippen LogP contribution in [0.15, 0.2) is 29.3 Å². The lowest BCUT2D eigenvalue weighted by Gasteiger charge is -2.12. The van der Waals surface area contributed by atoms with E-state index in [0.29, 0.717) is 25.0 Å². The molecule has 8 heteroatoms. The van der Waals surface area contributed by atoms with Crippen LogP contribution in [-0.2, 0) is 16.0 Å². The summed E-state index contributed by atoms with van der Waals surface area (Å²) in [5.41, 5.74) is 0.888. The van der Waals surface area contributed by atoms with Gasteiger partial charge in [-0.25, -0.2) is 4.99 Å². The lowest BCUT2D eigenvalue weighted by Crippen LogP contribution is -2.38. The van der Waals surface area contributed by atoms with E-state index < -0.39 is 4.92 Å². The molecule has 1 aliphatic heterocycles. The summed E-state index contributed by atoms with van der Waals surface area (Å²) >= 11 is 0. The van der Waals surface area contributed by atoms with Gasteiger partial charge in [-0.05, 0) is 25.3 Å². The molecule has 1 fully saturated rings. The SMILES string of the molecule is CCNC(=NCc1cccc([N+](=O)[O-])c1)NCCCOCC1CCOC1. The van der Waals surface area contributed by atoms with Crippen LogP contribution in [0.2, 0.25) is 0 Å². The van der Waals surface area contributed by atoms with E-state index in [2.05, 4.69) is 15.6 Å². The Balaban J connectivity index is 1.70. The molecule has 1 atom stereocenters. The number of benzene rings is 1. The molecule has 2 N–H and O–H groups in total. The average Bonchev–Trinajstić information content (AvgIpc) is 3.16. The Labute approximate surface area is 154 Å². The van der Waals surface area contributed by atoms with Gasteiger partial charge in [0.05, 0.1) is 24.7 Å². The minimum atomic E-state index is -0.394. The predicted octanol–water partition coefficient (Wildman–Crippen LogP) is 2.09. The zero-order chi connectivity index (χ0) is 18.6. The number of hydrogen-bond acceptors (Lipinski definition) is 5. The van der Waals surface area contributed by atoms with E-state index in [4.69, 9.17) is 9.47 Å². The summed E-state index contributed by atoms with van der Waals surface area (Å²) in [6.07, 6.45) is 1.97. The number of ether oxygens (including phenoxy) is 2. The second-order valence-electron chi connectivity index (χ2n) is 6.21. The van der Waals surface area contributed by atoms with Gasteiger partial charge in [-0.1, -0.05) is 12.1 Å². The van der Waals surface area contributed by atoms with Gasteiger partial charge >= 0.3 is 0 Å². The molecule has 0 amide bonds. The van der Waals surface area contributed by atoms with Crippen LogP contribution in [0.1, 0.15) is 25.3 Å². The average molecular weight is 364 g/mol. The van der Waals surface area contributed by atoms with Gasteiger partial charge in [-0.2, -0.15) is 0 Å². The molecule has 26 heavy (non-hydrogen) atoms. The second kappa shape index (κ2) is 11.4. The summed E-state index contributed by atoms with van der Waals surface area (Å²) in [4.78, 5) is 14.9. The Morgan fingerprint density at radius 1 is 1.46 bits per heavy atom. The highest BCUT2D eigenvalue weighted by atomic mass is 16.6. The van der Waals surface area contributed by atoms with Crippen LogP contribution in [-0.4, -0.2) is 50.4 Å². The molecular formula is C18H28N4O4. The highest BCUT2D eigenvalue weighted by Gasteiger charge is 2.15. The summed E-state index contributed by atoms with van der Waals surface area (Å²) in [5.74, 6) is 1.24. The molecule has 0 aromatic heterocycles. The topological polar surface area (TPSA) is 98.0 Å². The van der Waals surface area contributed by atoms with Gasteiger partial charge in [-0.15, -0.1) is 0 Å². The Morgan fingerprint density at radius 2 is 2.35 bits per heavy atom. The second-order valence-corrected chi connectivity index (χ2v) is 6.21. The molecule has 0 spiro atoms. The summed E-state index contributed by atoms with van der Waals surface area (Å²) in [6, 6.07) is 6.54. The lowest BCUT2D eigenvalue weighted by molar-refractivity contribution is -0.384. The van der Waals surface area contributed by atoms with Crippen molar-refractivity contribution in [3.05, 3.63) is 39.9 Å². The zero-order valence-electron chi connectivity index (χ0n) is 15.3. The largest absolute Gasteiger partial charge is 0.381 e. The number of non-ortho nitro benzene ring substituents is 1. The number of aliphatic imine (C=N–C) groups is 1. The van der Waals surface area contributed by atoms with Gasteiger partial charge in [0.1, 0.15) is 0 Å². The van der Waals surface area contributed by atoms with Crippen molar-refractivity contribution >= 4 is 11.6 Å². The van der Waals surface area contributed by atoms with E-state index >= 15 is 0 Å². The van der Waals surface area contributed by atoms with Gasteiger partial charge in [0.25, 0.3) is 5.69 Å².